The predicted molar refractivity (Wildman–Crippen MR) is 99.8 cm³/mol. The minimum absolute atomic E-state index is 0.195. The number of amides is 1. The molecule has 0 radical (unpaired) electrons. The zero-order chi connectivity index (χ0) is 18.4. The molecule has 5 heteroatoms. The van der Waals surface area contributed by atoms with E-state index in [1.54, 1.807) is 18.2 Å². The second-order valence-corrected chi connectivity index (χ2v) is 5.94. The smallest absolute Gasteiger partial charge is 0.255 e. The number of benzene rings is 1. The van der Waals surface area contributed by atoms with E-state index in [9.17, 15) is 4.79 Å². The van der Waals surface area contributed by atoms with Crippen molar-refractivity contribution in [3.63, 3.8) is 0 Å². The number of nitrogens with one attached hydrogen (secondary N) is 1. The molecule has 0 bridgehead atoms. The number of hydrogen-bond acceptors (Lipinski definition) is 4. The van der Waals surface area contributed by atoms with Gasteiger partial charge in [0.05, 0.1) is 24.6 Å². The summed E-state index contributed by atoms with van der Waals surface area (Å²) >= 11 is 0. The number of hydrogen-bond donors (Lipinski definition) is 1. The third-order valence-corrected chi connectivity index (χ3v) is 3.73. The van der Waals surface area contributed by atoms with E-state index in [0.717, 1.165) is 29.1 Å². The van der Waals surface area contributed by atoms with Gasteiger partial charge >= 0.3 is 0 Å². The lowest BCUT2D eigenvalue weighted by molar-refractivity contribution is 0.102. The van der Waals surface area contributed by atoms with Crippen molar-refractivity contribution in [3.8, 4) is 11.5 Å². The summed E-state index contributed by atoms with van der Waals surface area (Å²) in [5, 5.41) is 2.96. The lowest BCUT2D eigenvalue weighted by Gasteiger charge is -2.14. The number of aryl methyl sites for hydroxylation is 3. The van der Waals surface area contributed by atoms with Crippen LogP contribution in [0, 0.1) is 20.8 Å². The lowest BCUT2D eigenvalue weighted by atomic mass is 10.1. The molecule has 1 aromatic heterocycles. The van der Waals surface area contributed by atoms with Crippen molar-refractivity contribution in [3.05, 3.63) is 46.8 Å². The van der Waals surface area contributed by atoms with Crippen LogP contribution in [-0.2, 0) is 0 Å². The summed E-state index contributed by atoms with van der Waals surface area (Å²) in [5.41, 5.74) is 4.00. The van der Waals surface area contributed by atoms with E-state index in [-0.39, 0.29) is 5.91 Å². The Hall–Kier alpha value is -2.56. The molecule has 1 aromatic carbocycles. The molecule has 0 aliphatic rings. The van der Waals surface area contributed by atoms with Crippen LogP contribution < -0.4 is 14.8 Å². The maximum atomic E-state index is 12.7. The third kappa shape index (κ3) is 4.72. The van der Waals surface area contributed by atoms with Crippen LogP contribution in [0.25, 0.3) is 0 Å². The molecule has 0 fully saturated rings. The first-order valence-corrected chi connectivity index (χ1v) is 8.62. The minimum Gasteiger partial charge on any atom is -0.490 e. The summed E-state index contributed by atoms with van der Waals surface area (Å²) in [4.78, 5) is 17.1. The van der Waals surface area contributed by atoms with Gasteiger partial charge in [-0.2, -0.15) is 0 Å². The predicted octanol–water partition coefficient (Wildman–Crippen LogP) is 4.45. The molecule has 0 aliphatic heterocycles. The number of pyridine rings is 1. The molecule has 0 saturated heterocycles. The number of aromatic nitrogens is 1. The number of anilines is 1. The molecule has 0 atom stereocenters. The van der Waals surface area contributed by atoms with E-state index in [4.69, 9.17) is 9.47 Å². The highest BCUT2D eigenvalue weighted by atomic mass is 16.5. The van der Waals surface area contributed by atoms with Crippen LogP contribution in [0.2, 0.25) is 0 Å². The van der Waals surface area contributed by atoms with Crippen molar-refractivity contribution in [2.24, 2.45) is 0 Å². The van der Waals surface area contributed by atoms with Crippen LogP contribution >= 0.6 is 0 Å². The number of ether oxygens (including phenoxy) is 2. The van der Waals surface area contributed by atoms with Crippen molar-refractivity contribution in [2.75, 3.05) is 18.5 Å². The molecule has 2 aromatic rings. The van der Waals surface area contributed by atoms with Gasteiger partial charge in [-0.1, -0.05) is 6.92 Å². The van der Waals surface area contributed by atoms with Gasteiger partial charge in [0, 0.05) is 11.3 Å². The van der Waals surface area contributed by atoms with Crippen molar-refractivity contribution >= 4 is 11.6 Å². The van der Waals surface area contributed by atoms with E-state index in [0.29, 0.717) is 30.3 Å². The first-order chi connectivity index (χ1) is 12.0. The van der Waals surface area contributed by atoms with E-state index < -0.39 is 0 Å². The average Bonchev–Trinajstić information content (AvgIpc) is 2.57. The van der Waals surface area contributed by atoms with Crippen LogP contribution in [0.1, 0.15) is 47.6 Å². The zero-order valence-electron chi connectivity index (χ0n) is 15.6. The fraction of sp³-hybridized carbons (Fsp3) is 0.400. The van der Waals surface area contributed by atoms with Crippen molar-refractivity contribution in [1.82, 2.24) is 4.98 Å². The van der Waals surface area contributed by atoms with Crippen LogP contribution in [-0.4, -0.2) is 24.1 Å². The SMILES string of the molecule is CCCOc1ccc(C(=O)Nc2c(C)cc(C)nc2C)cc1OCC. The van der Waals surface area contributed by atoms with Gasteiger partial charge in [0.15, 0.2) is 11.5 Å². The average molecular weight is 342 g/mol. The highest BCUT2D eigenvalue weighted by Gasteiger charge is 2.14. The first kappa shape index (κ1) is 18.8. The molecular formula is C20H26N2O3. The van der Waals surface area contributed by atoms with Crippen molar-refractivity contribution in [2.45, 2.75) is 41.0 Å². The summed E-state index contributed by atoms with van der Waals surface area (Å²) in [7, 11) is 0. The summed E-state index contributed by atoms with van der Waals surface area (Å²) in [6, 6.07) is 7.20. The fourth-order valence-corrected chi connectivity index (χ4v) is 2.65. The van der Waals surface area contributed by atoms with E-state index >= 15 is 0 Å². The Morgan fingerprint density at radius 3 is 2.48 bits per heavy atom. The molecule has 1 heterocycles. The first-order valence-electron chi connectivity index (χ1n) is 8.62. The van der Waals surface area contributed by atoms with E-state index in [1.807, 2.05) is 40.7 Å². The molecule has 25 heavy (non-hydrogen) atoms. The molecule has 1 amide bonds. The van der Waals surface area contributed by atoms with Gasteiger partial charge in [0.2, 0.25) is 0 Å². The van der Waals surface area contributed by atoms with E-state index in [2.05, 4.69) is 10.3 Å². The highest BCUT2D eigenvalue weighted by molar-refractivity contribution is 6.05. The standard InChI is InChI=1S/C20H26N2O3/c1-6-10-25-17-9-8-16(12-18(17)24-7-2)20(23)22-19-13(3)11-14(4)21-15(19)5/h8-9,11-12H,6-7,10H2,1-5H3,(H,22,23). The summed E-state index contributed by atoms with van der Waals surface area (Å²) in [6.45, 7) is 10.9. The fourth-order valence-electron chi connectivity index (χ4n) is 2.65. The van der Waals surface area contributed by atoms with Crippen molar-refractivity contribution in [1.29, 1.82) is 0 Å². The number of rotatable bonds is 7. The van der Waals surface area contributed by atoms with Gasteiger partial charge in [-0.05, 0) is 63.9 Å². The Balaban J connectivity index is 2.26. The Labute approximate surface area is 149 Å². The van der Waals surface area contributed by atoms with Gasteiger partial charge in [-0.15, -0.1) is 0 Å². The molecule has 0 aliphatic carbocycles. The molecule has 5 nitrogen and oxygen atoms in total. The van der Waals surface area contributed by atoms with Gasteiger partial charge in [0.25, 0.3) is 5.91 Å². The van der Waals surface area contributed by atoms with E-state index in [1.165, 1.54) is 0 Å². The molecule has 134 valence electrons. The molecule has 0 unspecified atom stereocenters. The Morgan fingerprint density at radius 1 is 1.08 bits per heavy atom. The Bertz CT molecular complexity index is 734. The molecule has 0 spiro atoms. The van der Waals surface area contributed by atoms with Crippen LogP contribution in [0.4, 0.5) is 5.69 Å². The summed E-state index contributed by atoms with van der Waals surface area (Å²) in [6.07, 6.45) is 0.910. The second-order valence-electron chi connectivity index (χ2n) is 5.94. The Kier molecular flexibility index (Phi) is 6.39. The monoisotopic (exact) mass is 342 g/mol. The lowest BCUT2D eigenvalue weighted by Crippen LogP contribution is -2.15. The van der Waals surface area contributed by atoms with Crippen LogP contribution in [0.5, 0.6) is 11.5 Å². The third-order valence-electron chi connectivity index (χ3n) is 3.73. The maximum absolute atomic E-state index is 12.7. The number of carbonyl (C=O) groups is 1. The highest BCUT2D eigenvalue weighted by Crippen LogP contribution is 2.29. The minimum atomic E-state index is -0.195. The summed E-state index contributed by atoms with van der Waals surface area (Å²) < 4.78 is 11.3. The summed E-state index contributed by atoms with van der Waals surface area (Å²) in [5.74, 6) is 1.04. The van der Waals surface area contributed by atoms with Gasteiger partial charge in [-0.25, -0.2) is 0 Å². The maximum Gasteiger partial charge on any atom is 0.255 e. The van der Waals surface area contributed by atoms with Crippen molar-refractivity contribution < 1.29 is 14.3 Å². The zero-order valence-corrected chi connectivity index (χ0v) is 15.6. The second kappa shape index (κ2) is 8.51. The topological polar surface area (TPSA) is 60.5 Å². The number of nitrogens with zero attached hydrogens (tertiary/aromatic N) is 1. The number of carbonyl (C=O) groups excluding carboxylic acids is 1. The van der Waals surface area contributed by atoms with Gasteiger partial charge < -0.3 is 14.8 Å². The molecule has 0 saturated carbocycles. The molecule has 2 rings (SSSR count). The Morgan fingerprint density at radius 2 is 1.84 bits per heavy atom. The molecule has 1 N–H and O–H groups in total. The van der Waals surface area contributed by atoms with Crippen LogP contribution in [0.3, 0.4) is 0 Å². The molecular weight excluding hydrogens is 316 g/mol. The largest absolute Gasteiger partial charge is 0.490 e. The quantitative estimate of drug-likeness (QED) is 0.808. The van der Waals surface area contributed by atoms with Crippen LogP contribution in [0.15, 0.2) is 24.3 Å². The van der Waals surface area contributed by atoms with Gasteiger partial charge in [0.1, 0.15) is 0 Å². The van der Waals surface area contributed by atoms with Gasteiger partial charge in [-0.3, -0.25) is 9.78 Å². The normalized spacial score (nSPS) is 10.4.